The maximum Gasteiger partial charge on any atom is 0.326 e. The molecule has 1 heterocycles. The van der Waals surface area contributed by atoms with E-state index in [1.807, 2.05) is 6.07 Å². The Balaban J connectivity index is 2.87. The van der Waals surface area contributed by atoms with Gasteiger partial charge in [0.15, 0.2) is 5.41 Å². The lowest BCUT2D eigenvalue weighted by Gasteiger charge is -2.35. The van der Waals surface area contributed by atoms with Crippen molar-refractivity contribution in [2.75, 3.05) is 26.4 Å². The van der Waals surface area contributed by atoms with Crippen LogP contribution in [-0.4, -0.2) is 38.4 Å². The molecule has 1 saturated heterocycles. The van der Waals surface area contributed by atoms with Crippen LogP contribution in [0.15, 0.2) is 0 Å². The Morgan fingerprint density at radius 3 is 2.63 bits per heavy atom. The van der Waals surface area contributed by atoms with Crippen LogP contribution in [-0.2, 0) is 23.8 Å². The Bertz CT molecular complexity index is 376. The van der Waals surface area contributed by atoms with Gasteiger partial charge in [0.2, 0.25) is 0 Å². The summed E-state index contributed by atoms with van der Waals surface area (Å²) < 4.78 is 15.1. The van der Waals surface area contributed by atoms with Gasteiger partial charge in [-0.1, -0.05) is 0 Å². The van der Waals surface area contributed by atoms with E-state index in [2.05, 4.69) is 0 Å². The lowest BCUT2D eigenvalue weighted by molar-refractivity contribution is -0.164. The van der Waals surface area contributed by atoms with Crippen LogP contribution in [0.2, 0.25) is 0 Å². The van der Waals surface area contributed by atoms with Crippen molar-refractivity contribution in [1.82, 2.24) is 0 Å². The van der Waals surface area contributed by atoms with Gasteiger partial charge in [0.1, 0.15) is 0 Å². The van der Waals surface area contributed by atoms with Crippen LogP contribution in [0.4, 0.5) is 0 Å². The number of carbonyl (C=O) groups excluding carboxylic acids is 2. The average Bonchev–Trinajstić information content (AvgIpc) is 2.40. The molecule has 106 valence electrons. The summed E-state index contributed by atoms with van der Waals surface area (Å²) in [5, 5.41) is 9.39. The van der Waals surface area contributed by atoms with Crippen molar-refractivity contribution in [1.29, 1.82) is 5.26 Å². The molecule has 1 rings (SSSR count). The number of carbonyl (C=O) groups is 2. The number of rotatable bonds is 5. The second-order valence-corrected chi connectivity index (χ2v) is 4.33. The van der Waals surface area contributed by atoms with E-state index >= 15 is 0 Å². The van der Waals surface area contributed by atoms with Crippen LogP contribution in [0.1, 0.15) is 26.7 Å². The van der Waals surface area contributed by atoms with Gasteiger partial charge in [0.05, 0.1) is 32.3 Å². The lowest BCUT2D eigenvalue weighted by Crippen LogP contribution is -2.46. The standard InChI is InChI=1S/C13H19NO5/c1-3-18-11(15)7-10-8-17-6-5-13(10,9-14)12(16)19-4-2/h10H,3-8H2,1-2H3/t10-,13+/m0/s1. The highest BCUT2D eigenvalue weighted by atomic mass is 16.5. The van der Waals surface area contributed by atoms with Gasteiger partial charge in [-0.25, -0.2) is 0 Å². The molecule has 6 heteroatoms. The Morgan fingerprint density at radius 2 is 2.05 bits per heavy atom. The third-order valence-corrected chi connectivity index (χ3v) is 3.21. The van der Waals surface area contributed by atoms with Crippen LogP contribution < -0.4 is 0 Å². The monoisotopic (exact) mass is 269 g/mol. The molecule has 0 aromatic carbocycles. The quantitative estimate of drug-likeness (QED) is 0.693. The van der Waals surface area contributed by atoms with Gasteiger partial charge >= 0.3 is 11.9 Å². The van der Waals surface area contributed by atoms with Gasteiger partial charge in [-0.05, 0) is 13.8 Å². The number of hydrogen-bond donors (Lipinski definition) is 0. The van der Waals surface area contributed by atoms with Gasteiger partial charge in [-0.15, -0.1) is 0 Å². The van der Waals surface area contributed by atoms with E-state index in [4.69, 9.17) is 14.2 Å². The van der Waals surface area contributed by atoms with Crippen molar-refractivity contribution in [2.45, 2.75) is 26.7 Å². The molecule has 1 aliphatic heterocycles. The van der Waals surface area contributed by atoms with Crippen molar-refractivity contribution in [2.24, 2.45) is 11.3 Å². The number of nitrogens with zero attached hydrogens (tertiary/aromatic N) is 1. The summed E-state index contributed by atoms with van der Waals surface area (Å²) in [7, 11) is 0. The topological polar surface area (TPSA) is 85.6 Å². The minimum absolute atomic E-state index is 0.0137. The maximum atomic E-state index is 12.0. The zero-order chi connectivity index (χ0) is 14.3. The molecule has 0 bridgehead atoms. The Labute approximate surface area is 112 Å². The summed E-state index contributed by atoms with van der Waals surface area (Å²) in [5.41, 5.74) is -1.30. The van der Waals surface area contributed by atoms with Crippen LogP contribution in [0, 0.1) is 22.7 Å². The molecule has 0 aromatic rings. The molecule has 0 N–H and O–H groups in total. The summed E-state index contributed by atoms with van der Waals surface area (Å²) in [6.45, 7) is 4.36. The van der Waals surface area contributed by atoms with E-state index in [0.29, 0.717) is 6.61 Å². The fourth-order valence-electron chi connectivity index (χ4n) is 2.18. The second kappa shape index (κ2) is 7.10. The summed E-state index contributed by atoms with van der Waals surface area (Å²) in [6.07, 6.45) is 0.229. The Morgan fingerprint density at radius 1 is 1.37 bits per heavy atom. The molecule has 0 aliphatic carbocycles. The summed E-state index contributed by atoms with van der Waals surface area (Å²) in [6, 6.07) is 2.04. The highest BCUT2D eigenvalue weighted by Gasteiger charge is 2.50. The molecule has 0 aromatic heterocycles. The molecule has 0 saturated carbocycles. The first-order valence-corrected chi connectivity index (χ1v) is 6.42. The normalized spacial score (nSPS) is 26.3. The van der Waals surface area contributed by atoms with Crippen molar-refractivity contribution in [3.8, 4) is 6.07 Å². The fraction of sp³-hybridized carbons (Fsp3) is 0.769. The maximum absolute atomic E-state index is 12.0. The lowest BCUT2D eigenvalue weighted by atomic mass is 9.71. The van der Waals surface area contributed by atoms with E-state index < -0.39 is 23.3 Å². The summed E-state index contributed by atoms with van der Waals surface area (Å²) >= 11 is 0. The van der Waals surface area contributed by atoms with Gasteiger partial charge in [0, 0.05) is 18.9 Å². The zero-order valence-electron chi connectivity index (χ0n) is 11.3. The third-order valence-electron chi connectivity index (χ3n) is 3.21. The van der Waals surface area contributed by atoms with E-state index in [0.717, 1.165) is 0 Å². The minimum Gasteiger partial charge on any atom is -0.466 e. The van der Waals surface area contributed by atoms with E-state index in [-0.39, 0.29) is 32.7 Å². The smallest absolute Gasteiger partial charge is 0.326 e. The largest absolute Gasteiger partial charge is 0.466 e. The molecule has 0 unspecified atom stereocenters. The van der Waals surface area contributed by atoms with Crippen LogP contribution in [0.3, 0.4) is 0 Å². The van der Waals surface area contributed by atoms with Crippen LogP contribution in [0.5, 0.6) is 0 Å². The molecule has 0 spiro atoms. The number of nitriles is 1. The Kier molecular flexibility index (Phi) is 5.77. The predicted octanol–water partition coefficient (Wildman–Crippen LogP) is 1.05. The molecule has 2 atom stereocenters. The molecular weight excluding hydrogens is 250 g/mol. The highest BCUT2D eigenvalue weighted by Crippen LogP contribution is 2.38. The molecule has 1 aliphatic rings. The first kappa shape index (κ1) is 15.4. The average molecular weight is 269 g/mol. The van der Waals surface area contributed by atoms with Crippen molar-refractivity contribution in [3.05, 3.63) is 0 Å². The molecule has 19 heavy (non-hydrogen) atoms. The predicted molar refractivity (Wildman–Crippen MR) is 64.9 cm³/mol. The number of ether oxygens (including phenoxy) is 3. The number of hydrogen-bond acceptors (Lipinski definition) is 6. The molecular formula is C13H19NO5. The van der Waals surface area contributed by atoms with Gasteiger partial charge < -0.3 is 14.2 Å². The molecule has 0 radical (unpaired) electrons. The Hall–Kier alpha value is -1.61. The van der Waals surface area contributed by atoms with E-state index in [1.54, 1.807) is 13.8 Å². The summed E-state index contributed by atoms with van der Waals surface area (Å²) in [5.74, 6) is -1.53. The van der Waals surface area contributed by atoms with Crippen molar-refractivity contribution in [3.63, 3.8) is 0 Å². The summed E-state index contributed by atoms with van der Waals surface area (Å²) in [4.78, 5) is 23.6. The van der Waals surface area contributed by atoms with E-state index in [1.165, 1.54) is 0 Å². The second-order valence-electron chi connectivity index (χ2n) is 4.33. The minimum atomic E-state index is -1.30. The van der Waals surface area contributed by atoms with Crippen LogP contribution >= 0.6 is 0 Å². The molecule has 6 nitrogen and oxygen atoms in total. The first-order valence-electron chi connectivity index (χ1n) is 6.42. The molecule has 0 amide bonds. The first-order chi connectivity index (χ1) is 9.10. The van der Waals surface area contributed by atoms with E-state index in [9.17, 15) is 14.9 Å². The van der Waals surface area contributed by atoms with Crippen molar-refractivity contribution < 1.29 is 23.8 Å². The SMILES string of the molecule is CCOC(=O)C[C@H]1COCC[C@]1(C#N)C(=O)OCC. The molecule has 1 fully saturated rings. The van der Waals surface area contributed by atoms with Crippen LogP contribution in [0.25, 0.3) is 0 Å². The fourth-order valence-corrected chi connectivity index (χ4v) is 2.18. The third kappa shape index (κ3) is 3.44. The highest BCUT2D eigenvalue weighted by molar-refractivity contribution is 5.82. The van der Waals surface area contributed by atoms with Gasteiger partial charge in [0.25, 0.3) is 0 Å². The number of esters is 2. The van der Waals surface area contributed by atoms with Crippen molar-refractivity contribution >= 4 is 11.9 Å². The van der Waals surface area contributed by atoms with Gasteiger partial charge in [-0.3, -0.25) is 9.59 Å². The zero-order valence-corrected chi connectivity index (χ0v) is 11.3. The van der Waals surface area contributed by atoms with Gasteiger partial charge in [-0.2, -0.15) is 5.26 Å².